The van der Waals surface area contributed by atoms with Crippen LogP contribution in [0.15, 0.2) is 0 Å². The van der Waals surface area contributed by atoms with E-state index in [-0.39, 0.29) is 24.7 Å². The Balaban J connectivity index is 2.66. The van der Waals surface area contributed by atoms with Gasteiger partial charge in [0, 0.05) is 13.0 Å². The van der Waals surface area contributed by atoms with Crippen molar-refractivity contribution in [1.82, 2.24) is 0 Å². The van der Waals surface area contributed by atoms with Crippen LogP contribution in [-0.4, -0.2) is 42.4 Å². The van der Waals surface area contributed by atoms with Gasteiger partial charge >= 0.3 is 0 Å². The summed E-state index contributed by atoms with van der Waals surface area (Å²) < 4.78 is 10.5. The van der Waals surface area contributed by atoms with Gasteiger partial charge < -0.3 is 19.7 Å². The molecule has 5 atom stereocenters. The largest absolute Gasteiger partial charge is 0.394 e. The quantitative estimate of drug-likeness (QED) is 0.642. The van der Waals surface area contributed by atoms with Crippen molar-refractivity contribution in [2.45, 2.75) is 32.3 Å². The van der Waals surface area contributed by atoms with E-state index in [1.807, 2.05) is 13.8 Å². The van der Waals surface area contributed by atoms with Crippen LogP contribution < -0.4 is 0 Å². The van der Waals surface area contributed by atoms with Gasteiger partial charge in [-0.25, -0.2) is 0 Å². The molecule has 0 saturated carbocycles. The van der Waals surface area contributed by atoms with Crippen molar-refractivity contribution in [3.05, 3.63) is 0 Å². The molecule has 4 heteroatoms. The molecular formula is C9H18O4. The molecule has 1 fully saturated rings. The van der Waals surface area contributed by atoms with Crippen LogP contribution in [0.5, 0.6) is 0 Å². The second-order valence-electron chi connectivity index (χ2n) is 3.67. The van der Waals surface area contributed by atoms with Gasteiger partial charge in [0.05, 0.1) is 12.7 Å². The standard InChI is InChI=1S/C9H18O4/c1-5-6(2)9(12-3)13-7(4-10)8(5)11/h5-11H,4H2,1-3H3. The van der Waals surface area contributed by atoms with Crippen LogP contribution in [0.25, 0.3) is 0 Å². The van der Waals surface area contributed by atoms with Gasteiger partial charge in [-0.3, -0.25) is 0 Å². The van der Waals surface area contributed by atoms with E-state index in [0.717, 1.165) is 0 Å². The number of hydrogen-bond acceptors (Lipinski definition) is 4. The third-order valence-corrected chi connectivity index (χ3v) is 2.90. The molecule has 2 N–H and O–H groups in total. The first-order valence-corrected chi connectivity index (χ1v) is 4.59. The van der Waals surface area contributed by atoms with E-state index in [2.05, 4.69) is 0 Å². The lowest BCUT2D eigenvalue weighted by molar-refractivity contribution is -0.260. The Hall–Kier alpha value is -0.160. The summed E-state index contributed by atoms with van der Waals surface area (Å²) in [6.07, 6.45) is -1.45. The number of aliphatic hydroxyl groups excluding tert-OH is 2. The maximum absolute atomic E-state index is 9.68. The predicted molar refractivity (Wildman–Crippen MR) is 47.1 cm³/mol. The zero-order chi connectivity index (χ0) is 10.0. The SMILES string of the molecule is COC1OC(CO)C(O)C(C)C1C. The van der Waals surface area contributed by atoms with E-state index in [0.29, 0.717) is 0 Å². The van der Waals surface area contributed by atoms with Crippen LogP contribution in [0.3, 0.4) is 0 Å². The third kappa shape index (κ3) is 2.02. The minimum absolute atomic E-state index is 0.0795. The number of methoxy groups -OCH3 is 1. The summed E-state index contributed by atoms with van der Waals surface area (Å²) in [5.41, 5.74) is 0. The second-order valence-corrected chi connectivity index (χ2v) is 3.67. The fourth-order valence-corrected chi connectivity index (χ4v) is 1.70. The Morgan fingerprint density at radius 3 is 2.38 bits per heavy atom. The molecule has 0 bridgehead atoms. The molecule has 1 rings (SSSR count). The van der Waals surface area contributed by atoms with Crippen LogP contribution in [0.2, 0.25) is 0 Å². The Kier molecular flexibility index (Phi) is 3.67. The van der Waals surface area contributed by atoms with Gasteiger partial charge in [-0.1, -0.05) is 13.8 Å². The molecule has 0 aromatic rings. The highest BCUT2D eigenvalue weighted by Crippen LogP contribution is 2.30. The Morgan fingerprint density at radius 2 is 1.92 bits per heavy atom. The van der Waals surface area contributed by atoms with Crippen LogP contribution in [-0.2, 0) is 9.47 Å². The average molecular weight is 190 g/mol. The van der Waals surface area contributed by atoms with Gasteiger partial charge in [0.15, 0.2) is 6.29 Å². The van der Waals surface area contributed by atoms with E-state index in [4.69, 9.17) is 14.6 Å². The molecule has 0 spiro atoms. The van der Waals surface area contributed by atoms with E-state index in [1.165, 1.54) is 0 Å². The minimum atomic E-state index is -0.605. The number of rotatable bonds is 2. The summed E-state index contributed by atoms with van der Waals surface area (Å²) in [6, 6.07) is 0. The lowest BCUT2D eigenvalue weighted by Crippen LogP contribution is -2.51. The van der Waals surface area contributed by atoms with Crippen molar-refractivity contribution < 1.29 is 19.7 Å². The van der Waals surface area contributed by atoms with Crippen molar-refractivity contribution in [3.63, 3.8) is 0 Å². The highest BCUT2D eigenvalue weighted by molar-refractivity contribution is 4.84. The van der Waals surface area contributed by atoms with Crippen molar-refractivity contribution in [1.29, 1.82) is 0 Å². The first-order chi connectivity index (χ1) is 6.11. The molecule has 0 aromatic carbocycles. The molecule has 4 nitrogen and oxygen atoms in total. The fourth-order valence-electron chi connectivity index (χ4n) is 1.70. The molecule has 1 aliphatic heterocycles. The van der Waals surface area contributed by atoms with Gasteiger partial charge in [-0.15, -0.1) is 0 Å². The van der Waals surface area contributed by atoms with E-state index < -0.39 is 12.2 Å². The predicted octanol–water partition coefficient (Wildman–Crippen LogP) is -0.0169. The Labute approximate surface area is 78.5 Å². The van der Waals surface area contributed by atoms with Crippen LogP contribution in [0.4, 0.5) is 0 Å². The molecule has 0 radical (unpaired) electrons. The smallest absolute Gasteiger partial charge is 0.160 e. The summed E-state index contributed by atoms with van der Waals surface area (Å²) in [5, 5.41) is 18.6. The van der Waals surface area contributed by atoms with E-state index in [9.17, 15) is 5.11 Å². The molecule has 0 aliphatic carbocycles. The molecule has 13 heavy (non-hydrogen) atoms. The zero-order valence-corrected chi connectivity index (χ0v) is 8.30. The summed E-state index contributed by atoms with van der Waals surface area (Å²) in [5.74, 6) is 0.221. The summed E-state index contributed by atoms with van der Waals surface area (Å²) >= 11 is 0. The van der Waals surface area contributed by atoms with Crippen molar-refractivity contribution in [2.75, 3.05) is 13.7 Å². The number of aliphatic hydroxyl groups is 2. The molecular weight excluding hydrogens is 172 g/mol. The Morgan fingerprint density at radius 1 is 1.31 bits per heavy atom. The van der Waals surface area contributed by atoms with Gasteiger partial charge in [-0.2, -0.15) is 0 Å². The fraction of sp³-hybridized carbons (Fsp3) is 1.00. The van der Waals surface area contributed by atoms with Gasteiger partial charge in [0.25, 0.3) is 0 Å². The normalized spacial score (nSPS) is 46.4. The molecule has 1 aliphatic rings. The summed E-state index contributed by atoms with van der Waals surface area (Å²) in [7, 11) is 1.57. The maximum atomic E-state index is 9.68. The second kappa shape index (κ2) is 4.37. The summed E-state index contributed by atoms with van der Waals surface area (Å²) in [6.45, 7) is 3.74. The van der Waals surface area contributed by atoms with Gasteiger partial charge in [-0.05, 0) is 5.92 Å². The molecule has 78 valence electrons. The molecule has 0 aromatic heterocycles. The lowest BCUT2D eigenvalue weighted by Gasteiger charge is -2.41. The minimum Gasteiger partial charge on any atom is -0.394 e. The highest BCUT2D eigenvalue weighted by atomic mass is 16.7. The number of ether oxygens (including phenoxy) is 2. The average Bonchev–Trinajstić information content (AvgIpc) is 2.15. The molecule has 1 saturated heterocycles. The van der Waals surface area contributed by atoms with Gasteiger partial charge in [0.1, 0.15) is 6.10 Å². The van der Waals surface area contributed by atoms with E-state index in [1.54, 1.807) is 7.11 Å². The zero-order valence-electron chi connectivity index (χ0n) is 8.30. The molecule has 0 amide bonds. The molecule has 1 heterocycles. The first kappa shape index (κ1) is 10.9. The topological polar surface area (TPSA) is 58.9 Å². The molecule has 5 unspecified atom stereocenters. The number of hydrogen-bond donors (Lipinski definition) is 2. The first-order valence-electron chi connectivity index (χ1n) is 4.59. The van der Waals surface area contributed by atoms with Gasteiger partial charge in [0.2, 0.25) is 0 Å². The van der Waals surface area contributed by atoms with Crippen LogP contribution >= 0.6 is 0 Å². The van der Waals surface area contributed by atoms with Crippen LogP contribution in [0.1, 0.15) is 13.8 Å². The monoisotopic (exact) mass is 190 g/mol. The third-order valence-electron chi connectivity index (χ3n) is 2.90. The Bertz CT molecular complexity index is 142. The van der Waals surface area contributed by atoms with Crippen LogP contribution in [0, 0.1) is 11.8 Å². The van der Waals surface area contributed by atoms with Crippen molar-refractivity contribution in [2.24, 2.45) is 11.8 Å². The van der Waals surface area contributed by atoms with E-state index >= 15 is 0 Å². The van der Waals surface area contributed by atoms with Crippen molar-refractivity contribution >= 4 is 0 Å². The lowest BCUT2D eigenvalue weighted by atomic mass is 9.85. The highest BCUT2D eigenvalue weighted by Gasteiger charge is 2.40. The summed E-state index contributed by atoms with van der Waals surface area (Å²) in [4.78, 5) is 0. The maximum Gasteiger partial charge on any atom is 0.160 e. The van der Waals surface area contributed by atoms with Crippen molar-refractivity contribution in [3.8, 4) is 0 Å².